The van der Waals surface area contributed by atoms with Gasteiger partial charge in [0.25, 0.3) is 0 Å². The lowest BCUT2D eigenvalue weighted by molar-refractivity contribution is -0.385. The minimum absolute atomic E-state index is 0.0660. The maximum absolute atomic E-state index is 11.0. The molecule has 1 aromatic heterocycles. The molecule has 1 N–H and O–H groups in total. The molecule has 2 rings (SSSR count). The lowest BCUT2D eigenvalue weighted by Crippen LogP contribution is -2.03. The van der Waals surface area contributed by atoms with E-state index in [0.717, 1.165) is 5.56 Å². The Morgan fingerprint density at radius 1 is 1.48 bits per heavy atom. The van der Waals surface area contributed by atoms with E-state index in [1.807, 2.05) is 13.8 Å². The van der Waals surface area contributed by atoms with E-state index in [1.54, 1.807) is 12.1 Å². The van der Waals surface area contributed by atoms with Crippen LogP contribution in [0.3, 0.4) is 0 Å². The Morgan fingerprint density at radius 2 is 2.24 bits per heavy atom. The summed E-state index contributed by atoms with van der Waals surface area (Å²) in [7, 11) is 0. The molecule has 0 unspecified atom stereocenters. The highest BCUT2D eigenvalue weighted by atomic mass is 35.5. The van der Waals surface area contributed by atoms with Crippen LogP contribution in [0.5, 0.6) is 11.6 Å². The van der Waals surface area contributed by atoms with E-state index < -0.39 is 4.92 Å². The number of nitrogens with zero attached hydrogens (tertiary/aromatic N) is 3. The molecule has 0 atom stereocenters. The first-order chi connectivity index (χ1) is 10.0. The highest BCUT2D eigenvalue weighted by Gasteiger charge is 2.18. The molecule has 21 heavy (non-hydrogen) atoms. The third-order valence-corrected chi connectivity index (χ3v) is 2.82. The van der Waals surface area contributed by atoms with E-state index in [9.17, 15) is 10.1 Å². The van der Waals surface area contributed by atoms with Crippen molar-refractivity contribution in [2.75, 3.05) is 11.9 Å². The number of halogens is 1. The van der Waals surface area contributed by atoms with Crippen LogP contribution < -0.4 is 10.1 Å². The summed E-state index contributed by atoms with van der Waals surface area (Å²) in [6.07, 6.45) is 1.38. The lowest BCUT2D eigenvalue weighted by atomic mass is 10.2. The number of hydrogen-bond acceptors (Lipinski definition) is 6. The Morgan fingerprint density at radius 3 is 2.90 bits per heavy atom. The lowest BCUT2D eigenvalue weighted by Gasteiger charge is -2.09. The molecule has 0 fully saturated rings. The van der Waals surface area contributed by atoms with Crippen molar-refractivity contribution in [3.05, 3.63) is 45.1 Å². The Bertz CT molecular complexity index is 678. The zero-order chi connectivity index (χ0) is 15.4. The maximum atomic E-state index is 11.0. The van der Waals surface area contributed by atoms with Gasteiger partial charge in [0.1, 0.15) is 5.02 Å². The zero-order valence-corrected chi connectivity index (χ0v) is 12.2. The average molecular weight is 309 g/mol. The summed E-state index contributed by atoms with van der Waals surface area (Å²) < 4.78 is 5.50. The van der Waals surface area contributed by atoms with Crippen molar-refractivity contribution in [2.24, 2.45) is 0 Å². The van der Waals surface area contributed by atoms with Gasteiger partial charge >= 0.3 is 5.69 Å². The van der Waals surface area contributed by atoms with Gasteiger partial charge in [-0.15, -0.1) is 0 Å². The summed E-state index contributed by atoms with van der Waals surface area (Å²) in [6.45, 7) is 4.33. The fraction of sp³-hybridized carbons (Fsp3) is 0.231. The predicted octanol–water partition coefficient (Wildman–Crippen LogP) is 3.57. The van der Waals surface area contributed by atoms with Crippen molar-refractivity contribution in [3.8, 4) is 11.6 Å². The third kappa shape index (κ3) is 3.57. The number of nitro groups is 1. The van der Waals surface area contributed by atoms with Crippen LogP contribution >= 0.6 is 11.6 Å². The van der Waals surface area contributed by atoms with Crippen molar-refractivity contribution in [1.29, 1.82) is 0 Å². The van der Waals surface area contributed by atoms with E-state index >= 15 is 0 Å². The van der Waals surface area contributed by atoms with E-state index in [4.69, 9.17) is 16.3 Å². The Labute approximate surface area is 126 Å². The van der Waals surface area contributed by atoms with Gasteiger partial charge in [-0.2, -0.15) is 4.98 Å². The van der Waals surface area contributed by atoms with Gasteiger partial charge in [-0.1, -0.05) is 17.7 Å². The van der Waals surface area contributed by atoms with Crippen molar-refractivity contribution in [2.45, 2.75) is 13.8 Å². The molecule has 2 aromatic rings. The van der Waals surface area contributed by atoms with E-state index in [2.05, 4.69) is 15.3 Å². The molecule has 0 aliphatic rings. The first kappa shape index (κ1) is 15.0. The second kappa shape index (κ2) is 6.36. The molecule has 1 heterocycles. The Balaban J connectivity index is 2.39. The van der Waals surface area contributed by atoms with Crippen LogP contribution in [0.1, 0.15) is 12.5 Å². The number of anilines is 1. The smallest absolute Gasteiger partial charge is 0.311 e. The van der Waals surface area contributed by atoms with Gasteiger partial charge in [0.15, 0.2) is 0 Å². The van der Waals surface area contributed by atoms with Crippen LogP contribution in [-0.2, 0) is 0 Å². The minimum Gasteiger partial charge on any atom is -0.430 e. The fourth-order valence-electron chi connectivity index (χ4n) is 1.62. The van der Waals surface area contributed by atoms with E-state index in [-0.39, 0.29) is 22.3 Å². The van der Waals surface area contributed by atoms with Gasteiger partial charge in [0, 0.05) is 12.6 Å². The van der Waals surface area contributed by atoms with Gasteiger partial charge in [0.2, 0.25) is 17.6 Å². The van der Waals surface area contributed by atoms with Crippen LogP contribution in [0, 0.1) is 17.0 Å². The van der Waals surface area contributed by atoms with Gasteiger partial charge in [-0.3, -0.25) is 10.1 Å². The standard InChI is InChI=1S/C13H13ClN4O3/c1-3-15-13-16-7-9(14)12(17-13)21-11-6-8(2)4-5-10(11)18(19)20/h4-7H,3H2,1-2H3,(H,15,16,17). The quantitative estimate of drug-likeness (QED) is 0.670. The summed E-state index contributed by atoms with van der Waals surface area (Å²) in [6, 6.07) is 4.57. The molecule has 0 saturated carbocycles. The van der Waals surface area contributed by atoms with Gasteiger partial charge in [-0.25, -0.2) is 4.98 Å². The molecule has 7 nitrogen and oxygen atoms in total. The summed E-state index contributed by atoms with van der Waals surface area (Å²) >= 11 is 5.97. The highest BCUT2D eigenvalue weighted by molar-refractivity contribution is 6.31. The molecule has 0 saturated heterocycles. The molecule has 0 bridgehead atoms. The molecule has 0 aliphatic heterocycles. The van der Waals surface area contributed by atoms with Crippen LogP contribution in [-0.4, -0.2) is 21.4 Å². The van der Waals surface area contributed by atoms with Crippen LogP contribution in [0.25, 0.3) is 0 Å². The number of benzene rings is 1. The second-order valence-corrected chi connectivity index (χ2v) is 4.61. The monoisotopic (exact) mass is 308 g/mol. The third-order valence-electron chi connectivity index (χ3n) is 2.57. The molecule has 0 aliphatic carbocycles. The van der Waals surface area contributed by atoms with Crippen molar-refractivity contribution >= 4 is 23.2 Å². The molecule has 0 radical (unpaired) electrons. The average Bonchev–Trinajstić information content (AvgIpc) is 2.42. The largest absolute Gasteiger partial charge is 0.430 e. The van der Waals surface area contributed by atoms with Crippen molar-refractivity contribution < 1.29 is 9.66 Å². The number of nitro benzene ring substituents is 1. The van der Waals surface area contributed by atoms with Gasteiger partial charge in [-0.05, 0) is 25.5 Å². The number of rotatable bonds is 5. The van der Waals surface area contributed by atoms with Crippen LogP contribution in [0.15, 0.2) is 24.4 Å². The highest BCUT2D eigenvalue weighted by Crippen LogP contribution is 2.34. The van der Waals surface area contributed by atoms with E-state index in [0.29, 0.717) is 12.5 Å². The molecule has 110 valence electrons. The van der Waals surface area contributed by atoms with Crippen LogP contribution in [0.2, 0.25) is 5.02 Å². The fourth-order valence-corrected chi connectivity index (χ4v) is 1.75. The predicted molar refractivity (Wildman–Crippen MR) is 79.1 cm³/mol. The number of aryl methyl sites for hydroxylation is 1. The maximum Gasteiger partial charge on any atom is 0.311 e. The Kier molecular flexibility index (Phi) is 4.54. The Hall–Kier alpha value is -2.41. The minimum atomic E-state index is -0.519. The van der Waals surface area contributed by atoms with Crippen molar-refractivity contribution in [3.63, 3.8) is 0 Å². The number of aromatic nitrogens is 2. The second-order valence-electron chi connectivity index (χ2n) is 4.21. The number of nitrogens with one attached hydrogen (secondary N) is 1. The number of hydrogen-bond donors (Lipinski definition) is 1. The summed E-state index contributed by atoms with van der Waals surface area (Å²) in [5.74, 6) is 0.492. The normalized spacial score (nSPS) is 10.2. The first-order valence-corrected chi connectivity index (χ1v) is 6.58. The molecule has 1 aromatic carbocycles. The SMILES string of the molecule is CCNc1ncc(Cl)c(Oc2cc(C)ccc2[N+](=O)[O-])n1. The summed E-state index contributed by atoms with van der Waals surface area (Å²) in [5.41, 5.74) is 0.674. The number of ether oxygens (including phenoxy) is 1. The van der Waals surface area contributed by atoms with Gasteiger partial charge in [0.05, 0.1) is 11.1 Å². The first-order valence-electron chi connectivity index (χ1n) is 6.20. The topological polar surface area (TPSA) is 90.2 Å². The van der Waals surface area contributed by atoms with Gasteiger partial charge < -0.3 is 10.1 Å². The molecule has 0 amide bonds. The zero-order valence-electron chi connectivity index (χ0n) is 11.5. The molecule has 0 spiro atoms. The van der Waals surface area contributed by atoms with Crippen molar-refractivity contribution in [1.82, 2.24) is 9.97 Å². The summed E-state index contributed by atoms with van der Waals surface area (Å²) in [5, 5.41) is 14.1. The molecular weight excluding hydrogens is 296 g/mol. The molecular formula is C13H13ClN4O3. The molecule has 8 heteroatoms. The van der Waals surface area contributed by atoms with Crippen LogP contribution in [0.4, 0.5) is 11.6 Å². The summed E-state index contributed by atoms with van der Waals surface area (Å²) in [4.78, 5) is 18.6. The van der Waals surface area contributed by atoms with E-state index in [1.165, 1.54) is 12.3 Å².